The molecule has 2 N–H and O–H groups in total. The third-order valence-electron chi connectivity index (χ3n) is 12.6. The summed E-state index contributed by atoms with van der Waals surface area (Å²) in [6.07, 6.45) is 14.2. The highest BCUT2D eigenvalue weighted by Crippen LogP contribution is 2.65. The van der Waals surface area contributed by atoms with Gasteiger partial charge in [-0.3, -0.25) is 0 Å². The van der Waals surface area contributed by atoms with Gasteiger partial charge in [0.2, 0.25) is 0 Å². The standard InChI is InChI=1S/C36H65NO2Si2/c1-34(2,3)40(7,8)38-33(39-41(9,10)35(4,5)6)36-23-17-21-31(36)32-28(19-13-11-12-16-25-37)26-27-18-14-15-20-29(27)30(32)22-24-36/h14-15,18,20,28,30-33H,11-13,16-17,19,21-26,37H2,1-10H3/t28-,30-,31+,32-,36-/m1/s1. The molecule has 1 aromatic carbocycles. The molecule has 5 atom stereocenters. The van der Waals surface area contributed by atoms with Gasteiger partial charge in [0.15, 0.2) is 16.6 Å². The zero-order chi connectivity index (χ0) is 30.3. The van der Waals surface area contributed by atoms with Crippen LogP contribution >= 0.6 is 0 Å². The molecule has 2 saturated carbocycles. The second kappa shape index (κ2) is 12.5. The molecule has 3 nitrogen and oxygen atoms in total. The summed E-state index contributed by atoms with van der Waals surface area (Å²) in [6.45, 7) is 25.0. The van der Waals surface area contributed by atoms with Crippen molar-refractivity contribution < 1.29 is 8.85 Å². The van der Waals surface area contributed by atoms with Crippen LogP contribution in [0.25, 0.3) is 0 Å². The van der Waals surface area contributed by atoms with Crippen molar-refractivity contribution in [2.75, 3.05) is 6.54 Å². The molecular formula is C36H65NO2Si2. The van der Waals surface area contributed by atoms with Crippen molar-refractivity contribution in [2.45, 2.75) is 161 Å². The van der Waals surface area contributed by atoms with Crippen molar-refractivity contribution in [3.05, 3.63) is 35.4 Å². The highest BCUT2D eigenvalue weighted by atomic mass is 28.4. The molecule has 0 bridgehead atoms. The summed E-state index contributed by atoms with van der Waals surface area (Å²) in [6, 6.07) is 9.48. The van der Waals surface area contributed by atoms with Crippen molar-refractivity contribution in [2.24, 2.45) is 28.9 Å². The summed E-state index contributed by atoms with van der Waals surface area (Å²) in [4.78, 5) is 0. The average Bonchev–Trinajstić information content (AvgIpc) is 3.32. The van der Waals surface area contributed by atoms with Gasteiger partial charge >= 0.3 is 0 Å². The van der Waals surface area contributed by atoms with Crippen molar-refractivity contribution in [3.63, 3.8) is 0 Å². The molecule has 1 aromatic rings. The minimum atomic E-state index is -2.04. The van der Waals surface area contributed by atoms with E-state index in [1.165, 1.54) is 70.6 Å². The van der Waals surface area contributed by atoms with Crippen molar-refractivity contribution >= 4 is 16.6 Å². The Morgan fingerprint density at radius 2 is 1.46 bits per heavy atom. The molecule has 234 valence electrons. The summed E-state index contributed by atoms with van der Waals surface area (Å²) in [5, 5.41) is 0.333. The first kappa shape index (κ1) is 33.4. The lowest BCUT2D eigenvalue weighted by Crippen LogP contribution is -2.59. The third kappa shape index (κ3) is 6.80. The molecule has 3 aliphatic carbocycles. The van der Waals surface area contributed by atoms with E-state index >= 15 is 0 Å². The van der Waals surface area contributed by atoms with E-state index in [-0.39, 0.29) is 21.8 Å². The molecule has 41 heavy (non-hydrogen) atoms. The smallest absolute Gasteiger partial charge is 0.195 e. The Balaban J connectivity index is 1.72. The molecular weight excluding hydrogens is 535 g/mol. The first-order valence-electron chi connectivity index (χ1n) is 17.2. The number of rotatable bonds is 11. The van der Waals surface area contributed by atoms with E-state index in [1.54, 1.807) is 11.1 Å². The van der Waals surface area contributed by atoms with Gasteiger partial charge in [-0.1, -0.05) is 91.5 Å². The molecule has 2 fully saturated rings. The maximum absolute atomic E-state index is 7.53. The van der Waals surface area contributed by atoms with E-state index < -0.39 is 16.6 Å². The summed E-state index contributed by atoms with van der Waals surface area (Å²) in [7, 11) is -4.08. The number of nitrogens with two attached hydrogens (primary N) is 1. The van der Waals surface area contributed by atoms with Crippen LogP contribution in [0.4, 0.5) is 0 Å². The van der Waals surface area contributed by atoms with Crippen LogP contribution < -0.4 is 5.73 Å². The fourth-order valence-corrected chi connectivity index (χ4v) is 10.6. The van der Waals surface area contributed by atoms with Gasteiger partial charge < -0.3 is 14.6 Å². The van der Waals surface area contributed by atoms with E-state index in [4.69, 9.17) is 14.6 Å². The topological polar surface area (TPSA) is 44.5 Å². The van der Waals surface area contributed by atoms with Crippen molar-refractivity contribution in [1.82, 2.24) is 0 Å². The average molecular weight is 600 g/mol. The molecule has 0 amide bonds. The first-order chi connectivity index (χ1) is 19.0. The van der Waals surface area contributed by atoms with Crippen LogP contribution in [0.15, 0.2) is 24.3 Å². The van der Waals surface area contributed by atoms with E-state index in [0.29, 0.717) is 11.8 Å². The van der Waals surface area contributed by atoms with Gasteiger partial charge in [-0.05, 0) is 123 Å². The van der Waals surface area contributed by atoms with Crippen molar-refractivity contribution in [1.29, 1.82) is 0 Å². The normalized spacial score (nSPS) is 28.9. The van der Waals surface area contributed by atoms with E-state index in [9.17, 15) is 0 Å². The van der Waals surface area contributed by atoms with Gasteiger partial charge in [-0.25, -0.2) is 0 Å². The predicted molar refractivity (Wildman–Crippen MR) is 181 cm³/mol. The maximum Gasteiger partial charge on any atom is 0.195 e. The lowest BCUT2D eigenvalue weighted by atomic mass is 9.51. The van der Waals surface area contributed by atoms with E-state index in [2.05, 4.69) is 92.0 Å². The Morgan fingerprint density at radius 3 is 2.07 bits per heavy atom. The lowest BCUT2D eigenvalue weighted by molar-refractivity contribution is -0.162. The van der Waals surface area contributed by atoms with Gasteiger partial charge in [0.05, 0.1) is 0 Å². The van der Waals surface area contributed by atoms with Crippen LogP contribution in [0, 0.1) is 23.2 Å². The minimum Gasteiger partial charge on any atom is -0.393 e. The van der Waals surface area contributed by atoms with Crippen LogP contribution in [-0.4, -0.2) is 29.5 Å². The molecule has 0 aliphatic heterocycles. The van der Waals surface area contributed by atoms with Crippen LogP contribution in [0.2, 0.25) is 36.3 Å². The number of benzene rings is 1. The first-order valence-corrected chi connectivity index (χ1v) is 23.0. The molecule has 0 unspecified atom stereocenters. The third-order valence-corrected chi connectivity index (χ3v) is 21.5. The van der Waals surface area contributed by atoms with Crippen molar-refractivity contribution in [3.8, 4) is 0 Å². The molecule has 0 spiro atoms. The zero-order valence-corrected chi connectivity index (χ0v) is 30.6. The molecule has 4 rings (SSSR count). The number of fused-ring (bicyclic) bond motifs is 5. The number of unbranched alkanes of at least 4 members (excludes halogenated alkanes) is 3. The summed E-state index contributed by atoms with van der Waals surface area (Å²) < 4.78 is 15.1. The van der Waals surface area contributed by atoms with Crippen LogP contribution in [0.3, 0.4) is 0 Å². The van der Waals surface area contributed by atoms with Gasteiger partial charge in [0.1, 0.15) is 6.29 Å². The number of hydrogen-bond acceptors (Lipinski definition) is 3. The zero-order valence-electron chi connectivity index (χ0n) is 28.6. The molecule has 5 heteroatoms. The largest absolute Gasteiger partial charge is 0.393 e. The van der Waals surface area contributed by atoms with Gasteiger partial charge in [-0.2, -0.15) is 0 Å². The SMILES string of the molecule is CC(C)(C)[Si](C)(C)OC(O[Si](C)(C)C(C)(C)C)[C@@]12CCC[C@H]1[C@@H]1[C@H](CCCCCCN)Cc3ccccc3[C@H]1CC2. The Kier molecular flexibility index (Phi) is 10.2. The molecule has 3 aliphatic rings. The Hall–Kier alpha value is -0.466. The fraction of sp³-hybridized carbons (Fsp3) is 0.833. The number of hydrogen-bond donors (Lipinski definition) is 1. The van der Waals surface area contributed by atoms with Crippen LogP contribution in [0.1, 0.15) is 123 Å². The molecule has 0 saturated heterocycles. The lowest BCUT2D eigenvalue weighted by Gasteiger charge is -2.58. The summed E-state index contributed by atoms with van der Waals surface area (Å²) >= 11 is 0. The second-order valence-electron chi connectivity index (χ2n) is 17.2. The summed E-state index contributed by atoms with van der Waals surface area (Å²) in [5.41, 5.74) is 9.28. The monoisotopic (exact) mass is 599 g/mol. The Bertz CT molecular complexity index is 982. The van der Waals surface area contributed by atoms with Gasteiger partial charge in [0.25, 0.3) is 0 Å². The van der Waals surface area contributed by atoms with E-state index in [0.717, 1.165) is 18.4 Å². The predicted octanol–water partition coefficient (Wildman–Crippen LogP) is 10.4. The highest BCUT2D eigenvalue weighted by molar-refractivity contribution is 6.75. The quantitative estimate of drug-likeness (QED) is 0.156. The Morgan fingerprint density at radius 1 is 0.854 bits per heavy atom. The Labute approximate surface area is 256 Å². The van der Waals surface area contributed by atoms with Gasteiger partial charge in [-0.15, -0.1) is 0 Å². The van der Waals surface area contributed by atoms with Gasteiger partial charge in [0, 0.05) is 5.41 Å². The summed E-state index contributed by atoms with van der Waals surface area (Å²) in [5.74, 6) is 2.93. The maximum atomic E-state index is 7.53. The van der Waals surface area contributed by atoms with Crippen LogP contribution in [-0.2, 0) is 15.3 Å². The van der Waals surface area contributed by atoms with E-state index in [1.807, 2.05) is 0 Å². The minimum absolute atomic E-state index is 0.0693. The van der Waals surface area contributed by atoms with Crippen LogP contribution in [0.5, 0.6) is 0 Å². The molecule has 0 radical (unpaired) electrons. The molecule has 0 aromatic heterocycles. The highest BCUT2D eigenvalue weighted by Gasteiger charge is 2.61. The molecule has 0 heterocycles. The fourth-order valence-electron chi connectivity index (χ4n) is 8.18. The second-order valence-corrected chi connectivity index (χ2v) is 26.7.